The lowest BCUT2D eigenvalue weighted by molar-refractivity contribution is -0.0715. The molecular weight excluding hydrogens is 432 g/mol. The number of ether oxygens (including phenoxy) is 1. The first-order chi connectivity index (χ1) is 16.5. The lowest BCUT2D eigenvalue weighted by atomic mass is 9.91. The second kappa shape index (κ2) is 8.31. The third kappa shape index (κ3) is 3.31. The highest BCUT2D eigenvalue weighted by molar-refractivity contribution is 6.01. The van der Waals surface area contributed by atoms with Crippen molar-refractivity contribution in [2.75, 3.05) is 12.4 Å². The molecule has 1 aliphatic heterocycles. The average Bonchev–Trinajstić information content (AvgIpc) is 3.37. The minimum Gasteiger partial charge on any atom is -0.453 e. The second-order valence-electron chi connectivity index (χ2n) is 8.16. The zero-order valence-electron chi connectivity index (χ0n) is 18.8. The third-order valence-corrected chi connectivity index (χ3v) is 6.27. The Morgan fingerprint density at radius 3 is 2.62 bits per heavy atom. The van der Waals surface area contributed by atoms with Crippen LogP contribution in [0.1, 0.15) is 46.4 Å². The molecule has 3 N–H and O–H groups in total. The first-order valence-electron chi connectivity index (χ1n) is 11.0. The molecular formula is C26H24N4O4. The molecule has 2 amide bonds. The van der Waals surface area contributed by atoms with Gasteiger partial charge in [0.25, 0.3) is 5.91 Å². The van der Waals surface area contributed by atoms with Crippen molar-refractivity contribution in [3.05, 3.63) is 95.1 Å². The van der Waals surface area contributed by atoms with Crippen LogP contribution in [0.4, 0.5) is 10.7 Å². The summed E-state index contributed by atoms with van der Waals surface area (Å²) in [5.74, 6) is -0.00646. The maximum Gasteiger partial charge on any atom is 0.413 e. The van der Waals surface area contributed by atoms with Crippen LogP contribution in [0.5, 0.6) is 0 Å². The maximum absolute atomic E-state index is 13.7. The molecule has 0 spiro atoms. The molecule has 2 atom stereocenters. The Balaban J connectivity index is 1.66. The number of nitrogens with one attached hydrogen (secondary N) is 2. The number of imidazole rings is 1. The summed E-state index contributed by atoms with van der Waals surface area (Å²) in [7, 11) is 1.27. The number of fused-ring (bicyclic) bond motifs is 2. The molecule has 8 nitrogen and oxygen atoms in total. The van der Waals surface area contributed by atoms with Gasteiger partial charge in [-0.15, -0.1) is 0 Å². The van der Waals surface area contributed by atoms with E-state index in [0.29, 0.717) is 34.1 Å². The summed E-state index contributed by atoms with van der Waals surface area (Å²) in [5, 5.41) is 14.8. The Bertz CT molecular complexity index is 1380. The standard InChI is InChI=1S/C26H24N4O4/c1-3-22(16-9-5-4-6-10-16)30-23(31)18-11-7-8-12-19(18)26(30,33)17-13-14-20-21(15-17)28-24(27-20)29-25(32)34-2/h4-15,22,33H,3H2,1-2H3,(H2,27,28,29,32). The summed E-state index contributed by atoms with van der Waals surface area (Å²) < 4.78 is 4.62. The fraction of sp³-hybridized carbons (Fsp3) is 0.192. The van der Waals surface area contributed by atoms with E-state index in [1.807, 2.05) is 43.3 Å². The van der Waals surface area contributed by atoms with Crippen molar-refractivity contribution in [1.29, 1.82) is 0 Å². The number of hydrogen-bond acceptors (Lipinski definition) is 5. The Morgan fingerprint density at radius 1 is 1.15 bits per heavy atom. The van der Waals surface area contributed by atoms with Gasteiger partial charge in [-0.05, 0) is 30.2 Å². The lowest BCUT2D eigenvalue weighted by Gasteiger charge is -2.40. The number of hydrogen-bond donors (Lipinski definition) is 3. The van der Waals surface area contributed by atoms with Gasteiger partial charge in [0.1, 0.15) is 0 Å². The van der Waals surface area contributed by atoms with Crippen molar-refractivity contribution in [3.63, 3.8) is 0 Å². The Hall–Kier alpha value is -4.17. The van der Waals surface area contributed by atoms with Crippen molar-refractivity contribution in [2.24, 2.45) is 0 Å². The van der Waals surface area contributed by atoms with Gasteiger partial charge in [0.15, 0.2) is 5.72 Å². The Kier molecular flexibility index (Phi) is 5.30. The fourth-order valence-corrected chi connectivity index (χ4v) is 4.72. The molecule has 5 rings (SSSR count). The van der Waals surface area contributed by atoms with E-state index < -0.39 is 11.8 Å². The molecule has 0 radical (unpaired) electrons. The zero-order valence-corrected chi connectivity index (χ0v) is 18.8. The number of carbonyl (C=O) groups excluding carboxylic acids is 2. The smallest absolute Gasteiger partial charge is 0.413 e. The predicted octanol–water partition coefficient (Wildman–Crippen LogP) is 4.54. The number of rotatable bonds is 5. The molecule has 2 heterocycles. The molecule has 0 saturated carbocycles. The van der Waals surface area contributed by atoms with E-state index in [4.69, 9.17) is 0 Å². The summed E-state index contributed by atoms with van der Waals surface area (Å²) in [6, 6.07) is 21.8. The molecule has 0 fully saturated rings. The molecule has 1 aliphatic rings. The number of anilines is 1. The van der Waals surface area contributed by atoms with Crippen LogP contribution < -0.4 is 5.32 Å². The van der Waals surface area contributed by atoms with Crippen molar-refractivity contribution in [2.45, 2.75) is 25.1 Å². The van der Waals surface area contributed by atoms with E-state index in [1.165, 1.54) is 7.11 Å². The van der Waals surface area contributed by atoms with Gasteiger partial charge in [-0.3, -0.25) is 15.0 Å². The van der Waals surface area contributed by atoms with Gasteiger partial charge in [0.2, 0.25) is 5.95 Å². The van der Waals surface area contributed by atoms with Gasteiger partial charge in [0.05, 0.1) is 24.2 Å². The van der Waals surface area contributed by atoms with Crippen LogP contribution in [-0.2, 0) is 10.5 Å². The van der Waals surface area contributed by atoms with Crippen molar-refractivity contribution >= 4 is 29.0 Å². The first kappa shape index (κ1) is 21.7. The van der Waals surface area contributed by atoms with Crippen molar-refractivity contribution in [1.82, 2.24) is 14.9 Å². The van der Waals surface area contributed by atoms with Crippen LogP contribution in [0.15, 0.2) is 72.8 Å². The van der Waals surface area contributed by atoms with Gasteiger partial charge in [0, 0.05) is 16.7 Å². The van der Waals surface area contributed by atoms with Crippen LogP contribution in [0, 0.1) is 0 Å². The van der Waals surface area contributed by atoms with Crippen LogP contribution in [0.3, 0.4) is 0 Å². The second-order valence-corrected chi connectivity index (χ2v) is 8.16. The molecule has 0 saturated heterocycles. The van der Waals surface area contributed by atoms with Crippen LogP contribution in [0.25, 0.3) is 11.0 Å². The number of methoxy groups -OCH3 is 1. The largest absolute Gasteiger partial charge is 0.453 e. The lowest BCUT2D eigenvalue weighted by Crippen LogP contribution is -2.46. The van der Waals surface area contributed by atoms with Gasteiger partial charge in [-0.1, -0.05) is 61.5 Å². The topological polar surface area (TPSA) is 108 Å². The molecule has 0 aliphatic carbocycles. The number of H-pyrrole nitrogens is 1. The normalized spacial score (nSPS) is 18.1. The predicted molar refractivity (Wildman–Crippen MR) is 127 cm³/mol. The Labute approximate surface area is 196 Å². The number of carbonyl (C=O) groups is 2. The molecule has 3 aromatic carbocycles. The first-order valence-corrected chi connectivity index (χ1v) is 11.0. The third-order valence-electron chi connectivity index (χ3n) is 6.27. The van der Waals surface area contributed by atoms with E-state index >= 15 is 0 Å². The molecule has 4 aromatic rings. The molecule has 34 heavy (non-hydrogen) atoms. The highest BCUT2D eigenvalue weighted by Crippen LogP contribution is 2.47. The zero-order chi connectivity index (χ0) is 23.9. The van der Waals surface area contributed by atoms with E-state index in [1.54, 1.807) is 41.3 Å². The fourth-order valence-electron chi connectivity index (χ4n) is 4.72. The van der Waals surface area contributed by atoms with E-state index in [2.05, 4.69) is 20.0 Å². The highest BCUT2D eigenvalue weighted by Gasteiger charge is 2.52. The number of aromatic amines is 1. The number of amides is 2. The quantitative estimate of drug-likeness (QED) is 0.409. The molecule has 1 aromatic heterocycles. The van der Waals surface area contributed by atoms with Crippen LogP contribution >= 0.6 is 0 Å². The SMILES string of the molecule is CCC(c1ccccc1)N1C(=O)c2ccccc2C1(O)c1ccc2nc(NC(=O)OC)[nH]c2c1. The molecule has 8 heteroatoms. The van der Waals surface area contributed by atoms with Gasteiger partial charge >= 0.3 is 6.09 Å². The number of aromatic nitrogens is 2. The van der Waals surface area contributed by atoms with E-state index in [0.717, 1.165) is 5.56 Å². The summed E-state index contributed by atoms with van der Waals surface area (Å²) in [6.45, 7) is 2.00. The average molecular weight is 457 g/mol. The molecule has 0 bridgehead atoms. The number of benzene rings is 3. The number of aliphatic hydroxyl groups is 1. The monoisotopic (exact) mass is 456 g/mol. The summed E-state index contributed by atoms with van der Waals surface area (Å²) in [5.41, 5.74) is 1.95. The van der Waals surface area contributed by atoms with E-state index in [9.17, 15) is 14.7 Å². The van der Waals surface area contributed by atoms with Gasteiger partial charge < -0.3 is 14.8 Å². The van der Waals surface area contributed by atoms with Crippen molar-refractivity contribution < 1.29 is 19.4 Å². The number of nitrogens with zero attached hydrogens (tertiary/aromatic N) is 2. The van der Waals surface area contributed by atoms with E-state index in [-0.39, 0.29) is 17.9 Å². The minimum absolute atomic E-state index is 0.224. The summed E-state index contributed by atoms with van der Waals surface area (Å²) >= 11 is 0. The molecule has 172 valence electrons. The van der Waals surface area contributed by atoms with Crippen LogP contribution in [-0.4, -0.2) is 39.1 Å². The molecule has 2 unspecified atom stereocenters. The van der Waals surface area contributed by atoms with Crippen LogP contribution in [0.2, 0.25) is 0 Å². The Morgan fingerprint density at radius 2 is 1.88 bits per heavy atom. The maximum atomic E-state index is 13.7. The highest BCUT2D eigenvalue weighted by atomic mass is 16.5. The minimum atomic E-state index is -1.70. The van der Waals surface area contributed by atoms with Gasteiger partial charge in [-0.25, -0.2) is 9.78 Å². The van der Waals surface area contributed by atoms with Gasteiger partial charge in [-0.2, -0.15) is 0 Å². The summed E-state index contributed by atoms with van der Waals surface area (Å²) in [6.07, 6.45) is -0.0287. The summed E-state index contributed by atoms with van der Waals surface area (Å²) in [4.78, 5) is 34.2. The van der Waals surface area contributed by atoms with Crippen molar-refractivity contribution in [3.8, 4) is 0 Å².